The van der Waals surface area contributed by atoms with Crippen LogP contribution in [0.5, 0.6) is 11.5 Å². The van der Waals surface area contributed by atoms with E-state index in [1.807, 2.05) is 0 Å². The maximum Gasteiger partial charge on any atom is 0.157 e. The van der Waals surface area contributed by atoms with Gasteiger partial charge in [0, 0.05) is 12.1 Å². The summed E-state index contributed by atoms with van der Waals surface area (Å²) in [4.78, 5) is 0. The van der Waals surface area contributed by atoms with E-state index in [1.54, 1.807) is 12.1 Å². The van der Waals surface area contributed by atoms with Crippen molar-refractivity contribution in [3.63, 3.8) is 0 Å². The fraction of sp³-hybridized carbons (Fsp3) is 0.455. The second-order valence-corrected chi connectivity index (χ2v) is 4.43. The third-order valence-electron chi connectivity index (χ3n) is 1.86. The minimum absolute atomic E-state index is 0.0491. The van der Waals surface area contributed by atoms with Crippen LogP contribution in [0.2, 0.25) is 0 Å². The quantitative estimate of drug-likeness (QED) is 0.632. The van der Waals surface area contributed by atoms with Crippen LogP contribution < -0.4 is 5.32 Å². The molecule has 3 N–H and O–H groups in total. The minimum Gasteiger partial charge on any atom is -0.504 e. The maximum atomic E-state index is 9.25. The van der Waals surface area contributed by atoms with Crippen LogP contribution in [0.4, 0.5) is 0 Å². The first-order valence-electron chi connectivity index (χ1n) is 4.64. The van der Waals surface area contributed by atoms with Crippen molar-refractivity contribution in [2.75, 3.05) is 0 Å². The highest BCUT2D eigenvalue weighted by Crippen LogP contribution is 2.24. The van der Waals surface area contributed by atoms with Crippen LogP contribution in [0.3, 0.4) is 0 Å². The zero-order valence-electron chi connectivity index (χ0n) is 8.83. The Morgan fingerprint density at radius 3 is 2.29 bits per heavy atom. The van der Waals surface area contributed by atoms with E-state index in [2.05, 4.69) is 26.1 Å². The molecule has 0 radical (unpaired) electrons. The predicted molar refractivity (Wildman–Crippen MR) is 56.4 cm³/mol. The third kappa shape index (κ3) is 3.26. The lowest BCUT2D eigenvalue weighted by atomic mass is 10.1. The van der Waals surface area contributed by atoms with Gasteiger partial charge in [0.2, 0.25) is 0 Å². The molecule has 0 heterocycles. The lowest BCUT2D eigenvalue weighted by Crippen LogP contribution is -2.34. The zero-order valence-corrected chi connectivity index (χ0v) is 8.83. The number of nitrogens with one attached hydrogen (secondary N) is 1. The first-order valence-corrected chi connectivity index (χ1v) is 4.64. The standard InChI is InChI=1S/C11H17NO2/c1-11(2,3)12-7-8-4-5-9(13)10(14)6-8/h4-6,12-14H,7H2,1-3H3. The van der Waals surface area contributed by atoms with Crippen LogP contribution in [0, 0.1) is 0 Å². The minimum atomic E-state index is -0.0792. The lowest BCUT2D eigenvalue weighted by Gasteiger charge is -2.20. The molecule has 3 heteroatoms. The van der Waals surface area contributed by atoms with Crippen LogP contribution in [-0.4, -0.2) is 15.8 Å². The summed E-state index contributed by atoms with van der Waals surface area (Å²) in [7, 11) is 0. The summed E-state index contributed by atoms with van der Waals surface area (Å²) in [5.41, 5.74) is 1.00. The molecule has 0 atom stereocenters. The highest BCUT2D eigenvalue weighted by Gasteiger charge is 2.08. The predicted octanol–water partition coefficient (Wildman–Crippen LogP) is 1.99. The summed E-state index contributed by atoms with van der Waals surface area (Å²) in [6.45, 7) is 6.91. The van der Waals surface area contributed by atoms with E-state index >= 15 is 0 Å². The van der Waals surface area contributed by atoms with Gasteiger partial charge in [0.1, 0.15) is 0 Å². The Morgan fingerprint density at radius 1 is 1.14 bits per heavy atom. The largest absolute Gasteiger partial charge is 0.504 e. The van der Waals surface area contributed by atoms with Gasteiger partial charge >= 0.3 is 0 Å². The number of benzene rings is 1. The van der Waals surface area contributed by atoms with Crippen molar-refractivity contribution in [2.24, 2.45) is 0 Å². The van der Waals surface area contributed by atoms with Crippen molar-refractivity contribution in [1.29, 1.82) is 0 Å². The monoisotopic (exact) mass is 195 g/mol. The molecule has 1 aromatic carbocycles. The molecule has 0 amide bonds. The molecule has 0 aliphatic carbocycles. The summed E-state index contributed by atoms with van der Waals surface area (Å²) >= 11 is 0. The Labute approximate surface area is 84.4 Å². The highest BCUT2D eigenvalue weighted by molar-refractivity contribution is 5.40. The molecule has 1 aromatic rings. The van der Waals surface area contributed by atoms with Crippen molar-refractivity contribution in [2.45, 2.75) is 32.9 Å². The summed E-state index contributed by atoms with van der Waals surface area (Å²) in [6, 6.07) is 4.84. The summed E-state index contributed by atoms with van der Waals surface area (Å²) in [6.07, 6.45) is 0. The molecule has 14 heavy (non-hydrogen) atoms. The lowest BCUT2D eigenvalue weighted by molar-refractivity contribution is 0.400. The Balaban J connectivity index is 2.65. The molecular weight excluding hydrogens is 178 g/mol. The number of phenolic OH excluding ortho intramolecular Hbond substituents is 2. The van der Waals surface area contributed by atoms with Gasteiger partial charge in [-0.3, -0.25) is 0 Å². The van der Waals surface area contributed by atoms with Crippen molar-refractivity contribution >= 4 is 0 Å². The second-order valence-electron chi connectivity index (χ2n) is 4.43. The normalized spacial score (nSPS) is 11.6. The van der Waals surface area contributed by atoms with Gasteiger partial charge in [-0.1, -0.05) is 6.07 Å². The smallest absolute Gasteiger partial charge is 0.157 e. The topological polar surface area (TPSA) is 52.5 Å². The van der Waals surface area contributed by atoms with Gasteiger partial charge in [-0.15, -0.1) is 0 Å². The number of hydrogen-bond donors (Lipinski definition) is 3. The van der Waals surface area contributed by atoms with Gasteiger partial charge in [0.25, 0.3) is 0 Å². The molecule has 1 rings (SSSR count). The number of aromatic hydroxyl groups is 2. The van der Waals surface area contributed by atoms with Gasteiger partial charge in [-0.25, -0.2) is 0 Å². The molecule has 0 unspecified atom stereocenters. The Morgan fingerprint density at radius 2 is 1.79 bits per heavy atom. The van der Waals surface area contributed by atoms with Gasteiger partial charge in [0.15, 0.2) is 11.5 Å². The molecule has 0 spiro atoms. The van der Waals surface area contributed by atoms with E-state index in [4.69, 9.17) is 5.11 Å². The summed E-state index contributed by atoms with van der Waals surface area (Å²) in [5.74, 6) is -0.150. The molecular formula is C11H17NO2. The van der Waals surface area contributed by atoms with E-state index < -0.39 is 0 Å². The fourth-order valence-corrected chi connectivity index (χ4v) is 1.05. The number of phenols is 2. The summed E-state index contributed by atoms with van der Waals surface area (Å²) in [5, 5.41) is 21.6. The van der Waals surface area contributed by atoms with Gasteiger partial charge < -0.3 is 15.5 Å². The molecule has 0 aliphatic rings. The first-order chi connectivity index (χ1) is 6.38. The fourth-order valence-electron chi connectivity index (χ4n) is 1.05. The molecule has 0 fully saturated rings. The molecule has 0 aliphatic heterocycles. The van der Waals surface area contributed by atoms with Crippen molar-refractivity contribution in [3.8, 4) is 11.5 Å². The number of rotatable bonds is 2. The molecule has 0 saturated carbocycles. The van der Waals surface area contributed by atoms with E-state index in [1.165, 1.54) is 6.07 Å². The second kappa shape index (κ2) is 3.88. The molecule has 3 nitrogen and oxygen atoms in total. The average Bonchev–Trinajstić information content (AvgIpc) is 2.06. The van der Waals surface area contributed by atoms with E-state index in [9.17, 15) is 5.11 Å². The van der Waals surface area contributed by atoms with Crippen molar-refractivity contribution in [3.05, 3.63) is 23.8 Å². The first kappa shape index (κ1) is 10.9. The molecule has 0 aromatic heterocycles. The van der Waals surface area contributed by atoms with Crippen molar-refractivity contribution in [1.82, 2.24) is 5.32 Å². The molecule has 0 bridgehead atoms. The van der Waals surface area contributed by atoms with Crippen molar-refractivity contribution < 1.29 is 10.2 Å². The van der Waals surface area contributed by atoms with Gasteiger partial charge in [-0.05, 0) is 38.5 Å². The third-order valence-corrected chi connectivity index (χ3v) is 1.86. The zero-order chi connectivity index (χ0) is 10.8. The SMILES string of the molecule is CC(C)(C)NCc1ccc(O)c(O)c1. The van der Waals surface area contributed by atoms with E-state index in [0.29, 0.717) is 6.54 Å². The van der Waals surface area contributed by atoms with Gasteiger partial charge in [-0.2, -0.15) is 0 Å². The molecule has 78 valence electrons. The van der Waals surface area contributed by atoms with Crippen LogP contribution in [0.1, 0.15) is 26.3 Å². The Hall–Kier alpha value is -1.22. The Kier molecular flexibility index (Phi) is 3.01. The Bertz CT molecular complexity index is 316. The number of hydrogen-bond acceptors (Lipinski definition) is 3. The van der Waals surface area contributed by atoms with Gasteiger partial charge in [0.05, 0.1) is 0 Å². The van der Waals surface area contributed by atoms with Crippen LogP contribution in [-0.2, 0) is 6.54 Å². The van der Waals surface area contributed by atoms with E-state index in [-0.39, 0.29) is 17.0 Å². The van der Waals surface area contributed by atoms with Crippen LogP contribution >= 0.6 is 0 Å². The highest BCUT2D eigenvalue weighted by atomic mass is 16.3. The maximum absolute atomic E-state index is 9.25. The average molecular weight is 195 g/mol. The summed E-state index contributed by atoms with van der Waals surface area (Å²) < 4.78 is 0. The van der Waals surface area contributed by atoms with Crippen LogP contribution in [0.25, 0.3) is 0 Å². The van der Waals surface area contributed by atoms with E-state index in [0.717, 1.165) is 5.56 Å². The molecule has 0 saturated heterocycles. The van der Waals surface area contributed by atoms with Crippen LogP contribution in [0.15, 0.2) is 18.2 Å².